The molecule has 1 aromatic heterocycles. The lowest BCUT2D eigenvalue weighted by Crippen LogP contribution is -2.20. The largest absolute Gasteiger partial charge is 0.324 e. The van der Waals surface area contributed by atoms with Crippen LogP contribution in [0, 0.1) is 11.6 Å². The van der Waals surface area contributed by atoms with Crippen LogP contribution in [0.15, 0.2) is 42.5 Å². The lowest BCUT2D eigenvalue weighted by Gasteiger charge is -2.04. The van der Waals surface area contributed by atoms with E-state index in [1.165, 1.54) is 6.07 Å². The standard InChI is InChI=1S/C15H10ClF2N5O/c16-11-4-2-1-3-10(11)15-20-22-23(21-15)8-14(24)19-9-5-6-12(17)13(18)7-9/h1-7H,8H2,(H,19,24). The molecule has 0 atom stereocenters. The number of halogens is 3. The Morgan fingerprint density at radius 3 is 2.71 bits per heavy atom. The lowest BCUT2D eigenvalue weighted by molar-refractivity contribution is -0.117. The monoisotopic (exact) mass is 349 g/mol. The molecule has 6 nitrogen and oxygen atoms in total. The van der Waals surface area contributed by atoms with Crippen LogP contribution in [0.25, 0.3) is 11.4 Å². The van der Waals surface area contributed by atoms with Gasteiger partial charge in [0.05, 0.1) is 5.02 Å². The highest BCUT2D eigenvalue weighted by atomic mass is 35.5. The molecular formula is C15H10ClF2N5O. The molecule has 0 saturated carbocycles. The maximum atomic E-state index is 13.1. The number of rotatable bonds is 4. The van der Waals surface area contributed by atoms with E-state index in [-0.39, 0.29) is 18.1 Å². The normalized spacial score (nSPS) is 10.6. The fourth-order valence-electron chi connectivity index (χ4n) is 1.96. The summed E-state index contributed by atoms with van der Waals surface area (Å²) in [5.41, 5.74) is 0.719. The molecule has 0 aliphatic carbocycles. The maximum Gasteiger partial charge on any atom is 0.248 e. The van der Waals surface area contributed by atoms with Crippen LogP contribution in [0.5, 0.6) is 0 Å². The molecule has 0 aliphatic rings. The van der Waals surface area contributed by atoms with Gasteiger partial charge in [0.15, 0.2) is 11.6 Å². The second-order valence-corrected chi connectivity index (χ2v) is 5.21. The van der Waals surface area contributed by atoms with Crippen LogP contribution < -0.4 is 5.32 Å². The molecular weight excluding hydrogens is 340 g/mol. The summed E-state index contributed by atoms with van der Waals surface area (Å²) in [5.74, 6) is -2.27. The molecule has 0 bridgehead atoms. The molecule has 0 radical (unpaired) electrons. The Kier molecular flexibility index (Phi) is 4.48. The molecule has 0 unspecified atom stereocenters. The van der Waals surface area contributed by atoms with Crippen molar-refractivity contribution in [1.29, 1.82) is 0 Å². The molecule has 0 fully saturated rings. The first-order valence-electron chi connectivity index (χ1n) is 6.80. The van der Waals surface area contributed by atoms with Gasteiger partial charge in [-0.25, -0.2) is 8.78 Å². The number of hydrogen-bond acceptors (Lipinski definition) is 4. The average Bonchev–Trinajstić information content (AvgIpc) is 2.99. The molecule has 0 saturated heterocycles. The Hall–Kier alpha value is -2.87. The van der Waals surface area contributed by atoms with Crippen molar-refractivity contribution in [3.05, 3.63) is 59.1 Å². The van der Waals surface area contributed by atoms with Crippen LogP contribution in [-0.2, 0) is 11.3 Å². The minimum absolute atomic E-state index is 0.130. The summed E-state index contributed by atoms with van der Waals surface area (Å²) in [6.45, 7) is -0.240. The number of nitrogens with one attached hydrogen (secondary N) is 1. The van der Waals surface area contributed by atoms with Gasteiger partial charge in [0.1, 0.15) is 6.54 Å². The number of carbonyl (C=O) groups is 1. The zero-order valence-corrected chi connectivity index (χ0v) is 12.8. The van der Waals surface area contributed by atoms with Crippen molar-refractivity contribution in [2.75, 3.05) is 5.32 Å². The van der Waals surface area contributed by atoms with Gasteiger partial charge in [-0.05, 0) is 29.5 Å². The van der Waals surface area contributed by atoms with Gasteiger partial charge in [-0.15, -0.1) is 10.2 Å². The van der Waals surface area contributed by atoms with Crippen molar-refractivity contribution >= 4 is 23.2 Å². The number of benzene rings is 2. The van der Waals surface area contributed by atoms with Crippen molar-refractivity contribution in [2.24, 2.45) is 0 Å². The summed E-state index contributed by atoms with van der Waals surface area (Å²) in [7, 11) is 0. The number of anilines is 1. The van der Waals surface area contributed by atoms with Crippen LogP contribution in [0.1, 0.15) is 0 Å². The van der Waals surface area contributed by atoms with Crippen LogP contribution >= 0.6 is 11.6 Å². The third-order valence-electron chi connectivity index (χ3n) is 3.06. The quantitative estimate of drug-likeness (QED) is 0.786. The van der Waals surface area contributed by atoms with Crippen molar-refractivity contribution in [3.63, 3.8) is 0 Å². The third kappa shape index (κ3) is 3.54. The van der Waals surface area contributed by atoms with Crippen LogP contribution in [0.3, 0.4) is 0 Å². The van der Waals surface area contributed by atoms with E-state index in [1.807, 2.05) is 0 Å². The highest BCUT2D eigenvalue weighted by Crippen LogP contribution is 2.23. The van der Waals surface area contributed by atoms with Gasteiger partial charge >= 0.3 is 0 Å². The zero-order chi connectivity index (χ0) is 17.1. The zero-order valence-electron chi connectivity index (χ0n) is 12.1. The second kappa shape index (κ2) is 6.71. The number of tetrazole rings is 1. The summed E-state index contributed by atoms with van der Waals surface area (Å²) < 4.78 is 26.0. The Bertz CT molecular complexity index is 899. The van der Waals surface area contributed by atoms with Crippen molar-refractivity contribution < 1.29 is 13.6 Å². The first-order chi connectivity index (χ1) is 11.5. The minimum atomic E-state index is -1.05. The Morgan fingerprint density at radius 2 is 1.96 bits per heavy atom. The lowest BCUT2D eigenvalue weighted by atomic mass is 10.2. The first-order valence-corrected chi connectivity index (χ1v) is 7.18. The smallest absolute Gasteiger partial charge is 0.248 e. The highest BCUT2D eigenvalue weighted by molar-refractivity contribution is 6.33. The summed E-state index contributed by atoms with van der Waals surface area (Å²) in [4.78, 5) is 13.0. The predicted octanol–water partition coefficient (Wildman–Crippen LogP) is 2.91. The van der Waals surface area contributed by atoms with Gasteiger partial charge < -0.3 is 5.32 Å². The second-order valence-electron chi connectivity index (χ2n) is 4.80. The molecule has 24 heavy (non-hydrogen) atoms. The topological polar surface area (TPSA) is 72.7 Å². The molecule has 9 heteroatoms. The minimum Gasteiger partial charge on any atom is -0.324 e. The Labute approximate surface area is 140 Å². The van der Waals surface area contributed by atoms with E-state index in [2.05, 4.69) is 20.7 Å². The summed E-state index contributed by atoms with van der Waals surface area (Å²) in [6, 6.07) is 10.0. The van der Waals surface area contributed by atoms with Crippen molar-refractivity contribution in [1.82, 2.24) is 20.2 Å². The van der Waals surface area contributed by atoms with Crippen molar-refractivity contribution in [3.8, 4) is 11.4 Å². The number of hydrogen-bond donors (Lipinski definition) is 1. The SMILES string of the molecule is O=C(Cn1nnc(-c2ccccc2Cl)n1)Nc1ccc(F)c(F)c1. The molecule has 2 aromatic carbocycles. The third-order valence-corrected chi connectivity index (χ3v) is 3.39. The van der Waals surface area contributed by atoms with Crippen LogP contribution in [-0.4, -0.2) is 26.1 Å². The molecule has 122 valence electrons. The number of aromatic nitrogens is 4. The molecule has 1 amide bonds. The molecule has 0 spiro atoms. The van der Waals surface area contributed by atoms with Gasteiger partial charge in [0.2, 0.25) is 11.7 Å². The van der Waals surface area contributed by atoms with Gasteiger partial charge in [-0.1, -0.05) is 23.7 Å². The van der Waals surface area contributed by atoms with E-state index in [4.69, 9.17) is 11.6 Å². The maximum absolute atomic E-state index is 13.1. The van der Waals surface area contributed by atoms with E-state index in [0.717, 1.165) is 16.9 Å². The number of carbonyl (C=O) groups excluding carboxylic acids is 1. The van der Waals surface area contributed by atoms with Crippen LogP contribution in [0.4, 0.5) is 14.5 Å². The Balaban J connectivity index is 1.69. The van der Waals surface area contributed by atoms with E-state index < -0.39 is 17.5 Å². The molecule has 3 rings (SSSR count). The summed E-state index contributed by atoms with van der Waals surface area (Å²) in [5, 5.41) is 14.6. The van der Waals surface area contributed by atoms with E-state index >= 15 is 0 Å². The summed E-state index contributed by atoms with van der Waals surface area (Å²) in [6.07, 6.45) is 0. The fourth-order valence-corrected chi connectivity index (χ4v) is 2.18. The van der Waals surface area contributed by atoms with Gasteiger partial charge in [-0.3, -0.25) is 4.79 Å². The van der Waals surface area contributed by atoms with E-state index in [9.17, 15) is 13.6 Å². The average molecular weight is 350 g/mol. The van der Waals surface area contributed by atoms with Crippen LogP contribution in [0.2, 0.25) is 5.02 Å². The van der Waals surface area contributed by atoms with Gasteiger partial charge in [0, 0.05) is 17.3 Å². The molecule has 1 heterocycles. The predicted molar refractivity (Wildman–Crippen MR) is 83.3 cm³/mol. The molecule has 0 aliphatic heterocycles. The fraction of sp³-hybridized carbons (Fsp3) is 0.0667. The molecule has 1 N–H and O–H groups in total. The van der Waals surface area contributed by atoms with E-state index in [0.29, 0.717) is 10.6 Å². The Morgan fingerprint density at radius 1 is 1.17 bits per heavy atom. The first kappa shape index (κ1) is 16.0. The molecule has 3 aromatic rings. The van der Waals surface area contributed by atoms with Gasteiger partial charge in [0.25, 0.3) is 0 Å². The highest BCUT2D eigenvalue weighted by Gasteiger charge is 2.12. The van der Waals surface area contributed by atoms with Gasteiger partial charge in [-0.2, -0.15) is 4.80 Å². The number of nitrogens with zero attached hydrogens (tertiary/aromatic N) is 4. The number of amides is 1. The van der Waals surface area contributed by atoms with Crippen molar-refractivity contribution in [2.45, 2.75) is 6.54 Å². The van der Waals surface area contributed by atoms with E-state index in [1.54, 1.807) is 24.3 Å². The summed E-state index contributed by atoms with van der Waals surface area (Å²) >= 11 is 6.05.